The molecule has 1 unspecified atom stereocenters. The molecule has 1 heteroatoms. The van der Waals surface area contributed by atoms with E-state index in [4.69, 9.17) is 0 Å². The van der Waals surface area contributed by atoms with Crippen molar-refractivity contribution >= 4 is 10.8 Å². The number of hydrogen-bond acceptors (Lipinski definition) is 1. The molecule has 0 aromatic heterocycles. The standard InChI is InChI=1S/C20H20O/c1-15(2)20(21,17-11-4-3-5-12-17)19-14-8-10-16-9-6-7-13-18(16)19/h4,6-14,21H,1,3,5H2,2H3. The van der Waals surface area contributed by atoms with Crippen molar-refractivity contribution in [2.45, 2.75) is 25.4 Å². The van der Waals surface area contributed by atoms with Crippen molar-refractivity contribution in [3.63, 3.8) is 0 Å². The fourth-order valence-corrected chi connectivity index (χ4v) is 3.05. The van der Waals surface area contributed by atoms with Crippen LogP contribution in [0.15, 0.2) is 78.4 Å². The van der Waals surface area contributed by atoms with E-state index < -0.39 is 5.60 Å². The van der Waals surface area contributed by atoms with Gasteiger partial charge in [-0.25, -0.2) is 0 Å². The van der Waals surface area contributed by atoms with Gasteiger partial charge in [0, 0.05) is 5.56 Å². The number of aliphatic hydroxyl groups is 1. The molecule has 0 fully saturated rings. The molecule has 21 heavy (non-hydrogen) atoms. The largest absolute Gasteiger partial charge is 0.376 e. The third-order valence-electron chi connectivity index (χ3n) is 4.21. The first-order valence-corrected chi connectivity index (χ1v) is 7.38. The molecule has 0 saturated carbocycles. The summed E-state index contributed by atoms with van der Waals surface area (Å²) in [6.45, 7) is 5.95. The Kier molecular flexibility index (Phi) is 3.52. The molecule has 1 aliphatic carbocycles. The van der Waals surface area contributed by atoms with E-state index in [1.165, 1.54) is 0 Å². The first-order valence-electron chi connectivity index (χ1n) is 7.38. The Hall–Kier alpha value is -2.12. The summed E-state index contributed by atoms with van der Waals surface area (Å²) in [4.78, 5) is 0. The van der Waals surface area contributed by atoms with E-state index in [0.717, 1.165) is 40.3 Å². The van der Waals surface area contributed by atoms with Gasteiger partial charge in [0.25, 0.3) is 0 Å². The van der Waals surface area contributed by atoms with Crippen molar-refractivity contribution in [1.82, 2.24) is 0 Å². The molecule has 1 atom stereocenters. The molecule has 2 aromatic carbocycles. The Morgan fingerprint density at radius 3 is 2.57 bits per heavy atom. The second kappa shape index (κ2) is 5.34. The molecule has 2 aromatic rings. The summed E-state index contributed by atoms with van der Waals surface area (Å²) >= 11 is 0. The average molecular weight is 276 g/mol. The van der Waals surface area contributed by atoms with Crippen molar-refractivity contribution < 1.29 is 5.11 Å². The Bertz CT molecular complexity index is 746. The van der Waals surface area contributed by atoms with Crippen LogP contribution < -0.4 is 0 Å². The molecular formula is C20H20O. The van der Waals surface area contributed by atoms with Crippen LogP contribution in [0.5, 0.6) is 0 Å². The minimum Gasteiger partial charge on any atom is -0.376 e. The summed E-state index contributed by atoms with van der Waals surface area (Å²) in [6.07, 6.45) is 8.27. The summed E-state index contributed by atoms with van der Waals surface area (Å²) in [5, 5.41) is 13.7. The highest BCUT2D eigenvalue weighted by atomic mass is 16.3. The zero-order valence-electron chi connectivity index (χ0n) is 12.3. The van der Waals surface area contributed by atoms with Crippen LogP contribution >= 0.6 is 0 Å². The van der Waals surface area contributed by atoms with Crippen LogP contribution in [-0.4, -0.2) is 5.11 Å². The number of rotatable bonds is 3. The minimum atomic E-state index is -1.13. The van der Waals surface area contributed by atoms with Gasteiger partial charge in [-0.05, 0) is 41.7 Å². The summed E-state index contributed by atoms with van der Waals surface area (Å²) in [5.41, 5.74) is 1.46. The number of benzene rings is 2. The van der Waals surface area contributed by atoms with Crippen molar-refractivity contribution in [2.75, 3.05) is 0 Å². The zero-order chi connectivity index (χ0) is 14.9. The fourth-order valence-electron chi connectivity index (χ4n) is 3.05. The van der Waals surface area contributed by atoms with E-state index in [-0.39, 0.29) is 0 Å². The lowest BCUT2D eigenvalue weighted by atomic mass is 9.77. The Balaban J connectivity index is 2.28. The molecule has 0 heterocycles. The molecule has 1 aliphatic rings. The zero-order valence-corrected chi connectivity index (χ0v) is 12.3. The quantitative estimate of drug-likeness (QED) is 0.792. The SMILES string of the molecule is C=C(C)C(O)(C1=CCCC=C1)c1cccc2ccccc12. The van der Waals surface area contributed by atoms with E-state index in [9.17, 15) is 5.11 Å². The van der Waals surface area contributed by atoms with E-state index in [1.807, 2.05) is 37.3 Å². The van der Waals surface area contributed by atoms with Crippen LogP contribution in [-0.2, 0) is 5.60 Å². The Morgan fingerprint density at radius 1 is 1.10 bits per heavy atom. The maximum Gasteiger partial charge on any atom is 0.136 e. The molecule has 0 saturated heterocycles. The van der Waals surface area contributed by atoms with Gasteiger partial charge in [-0.1, -0.05) is 67.3 Å². The van der Waals surface area contributed by atoms with Crippen LogP contribution in [0.2, 0.25) is 0 Å². The van der Waals surface area contributed by atoms with Gasteiger partial charge in [-0.15, -0.1) is 0 Å². The first kappa shape index (κ1) is 13.8. The predicted molar refractivity (Wildman–Crippen MR) is 89.1 cm³/mol. The van der Waals surface area contributed by atoms with Crippen LogP contribution in [0.4, 0.5) is 0 Å². The maximum absolute atomic E-state index is 11.5. The van der Waals surface area contributed by atoms with Gasteiger partial charge in [-0.3, -0.25) is 0 Å². The normalized spacial score (nSPS) is 17.3. The number of allylic oxidation sites excluding steroid dienone is 2. The Labute approximate surface area is 125 Å². The van der Waals surface area contributed by atoms with E-state index in [2.05, 4.69) is 36.9 Å². The van der Waals surface area contributed by atoms with Crippen molar-refractivity contribution in [3.05, 3.63) is 84.0 Å². The number of fused-ring (bicyclic) bond motifs is 1. The van der Waals surface area contributed by atoms with Gasteiger partial charge in [0.1, 0.15) is 5.60 Å². The molecule has 0 radical (unpaired) electrons. The molecule has 106 valence electrons. The summed E-state index contributed by atoms with van der Waals surface area (Å²) in [5.74, 6) is 0. The third kappa shape index (κ3) is 2.24. The van der Waals surface area contributed by atoms with Gasteiger partial charge >= 0.3 is 0 Å². The lowest BCUT2D eigenvalue weighted by molar-refractivity contribution is 0.121. The predicted octanol–water partition coefficient (Wildman–Crippen LogP) is 4.88. The van der Waals surface area contributed by atoms with E-state index >= 15 is 0 Å². The topological polar surface area (TPSA) is 20.2 Å². The van der Waals surface area contributed by atoms with Crippen LogP contribution in [0.3, 0.4) is 0 Å². The van der Waals surface area contributed by atoms with E-state index in [1.54, 1.807) is 0 Å². The van der Waals surface area contributed by atoms with Gasteiger partial charge in [-0.2, -0.15) is 0 Å². The van der Waals surface area contributed by atoms with Crippen molar-refractivity contribution in [1.29, 1.82) is 0 Å². The second-order valence-corrected chi connectivity index (χ2v) is 5.66. The highest BCUT2D eigenvalue weighted by Crippen LogP contribution is 2.41. The second-order valence-electron chi connectivity index (χ2n) is 5.66. The van der Waals surface area contributed by atoms with E-state index in [0.29, 0.717) is 0 Å². The summed E-state index contributed by atoms with van der Waals surface area (Å²) in [6, 6.07) is 14.2. The van der Waals surface area contributed by atoms with Crippen LogP contribution in [0.1, 0.15) is 25.3 Å². The monoisotopic (exact) mass is 276 g/mol. The third-order valence-corrected chi connectivity index (χ3v) is 4.21. The van der Waals surface area contributed by atoms with Crippen molar-refractivity contribution in [3.8, 4) is 0 Å². The highest BCUT2D eigenvalue weighted by molar-refractivity contribution is 5.87. The van der Waals surface area contributed by atoms with Crippen molar-refractivity contribution in [2.24, 2.45) is 0 Å². The maximum atomic E-state index is 11.5. The number of hydrogen-bond donors (Lipinski definition) is 1. The van der Waals surface area contributed by atoms with Gasteiger partial charge < -0.3 is 5.11 Å². The average Bonchev–Trinajstić information content (AvgIpc) is 2.54. The Morgan fingerprint density at radius 2 is 1.86 bits per heavy atom. The van der Waals surface area contributed by atoms with Crippen LogP contribution in [0.25, 0.3) is 10.8 Å². The lowest BCUT2D eigenvalue weighted by Crippen LogP contribution is -2.29. The molecule has 1 nitrogen and oxygen atoms in total. The minimum absolute atomic E-state index is 0.747. The molecule has 0 amide bonds. The first-order chi connectivity index (χ1) is 10.1. The molecule has 3 rings (SSSR count). The highest BCUT2D eigenvalue weighted by Gasteiger charge is 2.35. The van der Waals surface area contributed by atoms with Gasteiger partial charge in [0.05, 0.1) is 0 Å². The lowest BCUT2D eigenvalue weighted by Gasteiger charge is -2.33. The smallest absolute Gasteiger partial charge is 0.136 e. The molecule has 0 spiro atoms. The fraction of sp³-hybridized carbons (Fsp3) is 0.200. The molecule has 0 bridgehead atoms. The molecule has 1 N–H and O–H groups in total. The van der Waals surface area contributed by atoms with Gasteiger partial charge in [0.2, 0.25) is 0 Å². The summed E-state index contributed by atoms with van der Waals surface area (Å²) < 4.78 is 0. The van der Waals surface area contributed by atoms with Gasteiger partial charge in [0.15, 0.2) is 0 Å². The summed E-state index contributed by atoms with van der Waals surface area (Å²) in [7, 11) is 0. The molecule has 0 aliphatic heterocycles. The molecular weight excluding hydrogens is 256 g/mol. The van der Waals surface area contributed by atoms with Crippen LogP contribution in [0, 0.1) is 0 Å².